The molecular weight excluding hydrogens is 422 g/mol. The Morgan fingerprint density at radius 1 is 1.22 bits per heavy atom. The van der Waals surface area contributed by atoms with Crippen LogP contribution < -0.4 is 26.3 Å². The zero-order valence-corrected chi connectivity index (χ0v) is 17.2. The number of hydrogen-bond acceptors (Lipinski definition) is 8. The molecule has 12 nitrogen and oxygen atoms in total. The Kier molecular flexibility index (Phi) is 14.0. The maximum atomic E-state index is 11.9. The molecule has 0 unspecified atom stereocenters. The van der Waals surface area contributed by atoms with Gasteiger partial charge in [0.2, 0.25) is 5.91 Å². The first-order valence-electron chi connectivity index (χ1n) is 9.49. The number of aliphatic imine (C=N–C) groups is 1. The van der Waals surface area contributed by atoms with Gasteiger partial charge in [0.15, 0.2) is 17.5 Å². The minimum atomic E-state index is -0.921. The molecule has 0 bridgehead atoms. The summed E-state index contributed by atoms with van der Waals surface area (Å²) < 4.78 is 10.4. The Hall–Kier alpha value is -3.83. The van der Waals surface area contributed by atoms with E-state index in [0.717, 1.165) is 12.8 Å². The van der Waals surface area contributed by atoms with Crippen LogP contribution in [0.25, 0.3) is 6.08 Å². The number of benzene rings is 1. The van der Waals surface area contributed by atoms with E-state index in [1.54, 1.807) is 18.2 Å². The number of amides is 1. The van der Waals surface area contributed by atoms with Crippen LogP contribution in [0, 0.1) is 10.1 Å². The van der Waals surface area contributed by atoms with Crippen molar-refractivity contribution in [3.63, 3.8) is 0 Å². The van der Waals surface area contributed by atoms with Crippen LogP contribution in [0.4, 0.5) is 0 Å². The van der Waals surface area contributed by atoms with E-state index in [2.05, 4.69) is 15.1 Å². The van der Waals surface area contributed by atoms with Crippen LogP contribution in [0.2, 0.25) is 0 Å². The van der Waals surface area contributed by atoms with Crippen molar-refractivity contribution in [3.05, 3.63) is 40.0 Å². The van der Waals surface area contributed by atoms with Crippen molar-refractivity contribution in [1.82, 2.24) is 5.32 Å². The smallest absolute Gasteiger partial charge is 0.311 e. The van der Waals surface area contributed by atoms with E-state index < -0.39 is 11.1 Å². The fraction of sp³-hybridized carbons (Fsp3) is 0.450. The van der Waals surface area contributed by atoms with Gasteiger partial charge < -0.3 is 31.1 Å². The highest BCUT2D eigenvalue weighted by molar-refractivity contribution is 5.91. The minimum Gasteiger partial charge on any atom is -0.493 e. The molecule has 1 amide bonds. The van der Waals surface area contributed by atoms with Crippen LogP contribution in [0.1, 0.15) is 38.7 Å². The predicted octanol–water partition coefficient (Wildman–Crippen LogP) is 1.41. The molecule has 0 aliphatic carbocycles. The second-order valence-electron chi connectivity index (χ2n) is 6.18. The number of ether oxygens (including phenoxy) is 2. The number of esters is 1. The summed E-state index contributed by atoms with van der Waals surface area (Å²) in [6, 6.07) is 4.79. The van der Waals surface area contributed by atoms with E-state index in [0.29, 0.717) is 24.4 Å². The standard InChI is InChI=1S/C19H27N5O7.CH4/c1-29-16-13-14(7-9-17(25)22-10-2-3-11-23-19(20)21)6-8-15(16)31-18(26)5-4-12-30-24(27)28;/h6-9,13H,2-5,10-12H2,1H3,(H,22,25)(H4,20,21,23);1H4/b9-7+;. The molecule has 0 aromatic heterocycles. The molecule has 32 heavy (non-hydrogen) atoms. The van der Waals surface area contributed by atoms with Crippen molar-refractivity contribution in [1.29, 1.82) is 0 Å². The van der Waals surface area contributed by atoms with Gasteiger partial charge in [-0.2, -0.15) is 0 Å². The molecule has 0 saturated carbocycles. The van der Waals surface area contributed by atoms with Gasteiger partial charge in [0.1, 0.15) is 0 Å². The number of rotatable bonds is 14. The first kappa shape index (κ1) is 28.2. The Balaban J connectivity index is 0.00000961. The molecule has 0 heterocycles. The highest BCUT2D eigenvalue weighted by atomic mass is 16.9. The number of nitrogens with one attached hydrogen (secondary N) is 1. The molecule has 1 aromatic carbocycles. The van der Waals surface area contributed by atoms with Gasteiger partial charge in [0, 0.05) is 25.6 Å². The van der Waals surface area contributed by atoms with Crippen molar-refractivity contribution >= 4 is 23.9 Å². The van der Waals surface area contributed by atoms with Crippen molar-refractivity contribution in [2.75, 3.05) is 26.8 Å². The number of unbranched alkanes of at least 4 members (excludes halogenated alkanes) is 1. The summed E-state index contributed by atoms with van der Waals surface area (Å²) in [5, 5.41) is 11.9. The highest BCUT2D eigenvalue weighted by Gasteiger charge is 2.11. The average molecular weight is 453 g/mol. The molecule has 0 aliphatic heterocycles. The van der Waals surface area contributed by atoms with Gasteiger partial charge >= 0.3 is 5.97 Å². The number of nitrogens with zero attached hydrogens (tertiary/aromatic N) is 2. The summed E-state index contributed by atoms with van der Waals surface area (Å²) >= 11 is 0. The van der Waals surface area contributed by atoms with Crippen LogP contribution in [-0.4, -0.2) is 49.7 Å². The second kappa shape index (κ2) is 15.9. The van der Waals surface area contributed by atoms with Gasteiger partial charge in [-0.3, -0.25) is 14.6 Å². The Labute approximate surface area is 186 Å². The molecule has 0 fully saturated rings. The lowest BCUT2D eigenvalue weighted by atomic mass is 10.2. The third-order valence-electron chi connectivity index (χ3n) is 3.74. The van der Waals surface area contributed by atoms with Crippen LogP contribution in [0.5, 0.6) is 11.5 Å². The SMILES string of the molecule is C.COc1cc(/C=C/C(=O)NCCCCN=C(N)N)ccc1OC(=O)CCCO[N+](=O)[O-]. The van der Waals surface area contributed by atoms with Crippen molar-refractivity contribution in [2.45, 2.75) is 33.1 Å². The van der Waals surface area contributed by atoms with Crippen LogP contribution in [-0.2, 0) is 14.4 Å². The predicted molar refractivity (Wildman–Crippen MR) is 119 cm³/mol. The Morgan fingerprint density at radius 2 is 1.97 bits per heavy atom. The number of guanidine groups is 1. The molecule has 1 aromatic rings. The minimum absolute atomic E-state index is 0. The van der Waals surface area contributed by atoms with E-state index in [1.165, 1.54) is 19.3 Å². The maximum Gasteiger partial charge on any atom is 0.311 e. The van der Waals surface area contributed by atoms with Gasteiger partial charge in [-0.15, -0.1) is 10.1 Å². The first-order chi connectivity index (χ1) is 14.8. The third kappa shape index (κ3) is 12.7. The van der Waals surface area contributed by atoms with Gasteiger partial charge in [-0.05, 0) is 43.0 Å². The van der Waals surface area contributed by atoms with Crippen molar-refractivity contribution < 1.29 is 29.0 Å². The van der Waals surface area contributed by atoms with E-state index in [-0.39, 0.29) is 44.5 Å². The molecular formula is C20H31N5O7. The summed E-state index contributed by atoms with van der Waals surface area (Å²) in [5.74, 6) is -0.284. The topological polar surface area (TPSA) is 181 Å². The fourth-order valence-electron chi connectivity index (χ4n) is 2.29. The van der Waals surface area contributed by atoms with Crippen LogP contribution in [0.3, 0.4) is 0 Å². The summed E-state index contributed by atoms with van der Waals surface area (Å²) in [6.07, 6.45) is 4.56. The van der Waals surface area contributed by atoms with E-state index in [1.807, 2.05) is 0 Å². The van der Waals surface area contributed by atoms with Crippen LogP contribution in [0.15, 0.2) is 29.3 Å². The van der Waals surface area contributed by atoms with Crippen molar-refractivity contribution in [2.24, 2.45) is 16.5 Å². The molecule has 12 heteroatoms. The van der Waals surface area contributed by atoms with E-state index >= 15 is 0 Å². The molecule has 0 saturated heterocycles. The van der Waals surface area contributed by atoms with Gasteiger partial charge in [0.25, 0.3) is 5.09 Å². The highest BCUT2D eigenvalue weighted by Crippen LogP contribution is 2.29. The molecule has 0 atom stereocenters. The first-order valence-corrected chi connectivity index (χ1v) is 9.49. The average Bonchev–Trinajstić information content (AvgIpc) is 2.72. The normalized spacial score (nSPS) is 10.0. The summed E-state index contributed by atoms with van der Waals surface area (Å²) in [4.78, 5) is 41.8. The second-order valence-corrected chi connectivity index (χ2v) is 6.18. The summed E-state index contributed by atoms with van der Waals surface area (Å²) in [5.41, 5.74) is 11.1. The lowest BCUT2D eigenvalue weighted by Crippen LogP contribution is -2.24. The zero-order chi connectivity index (χ0) is 23.1. The Morgan fingerprint density at radius 3 is 2.62 bits per heavy atom. The summed E-state index contributed by atoms with van der Waals surface area (Å²) in [6.45, 7) is 0.812. The number of carbonyl (C=O) groups is 2. The Bertz CT molecular complexity index is 808. The largest absolute Gasteiger partial charge is 0.493 e. The van der Waals surface area contributed by atoms with Gasteiger partial charge in [-0.25, -0.2) is 0 Å². The number of carbonyl (C=O) groups excluding carboxylic acids is 2. The van der Waals surface area contributed by atoms with Gasteiger partial charge in [0.05, 0.1) is 13.7 Å². The molecule has 0 radical (unpaired) electrons. The molecule has 5 N–H and O–H groups in total. The number of methoxy groups -OCH3 is 1. The lowest BCUT2D eigenvalue weighted by molar-refractivity contribution is -0.757. The number of nitrogens with two attached hydrogens (primary N) is 2. The lowest BCUT2D eigenvalue weighted by Gasteiger charge is -2.10. The third-order valence-corrected chi connectivity index (χ3v) is 3.74. The monoisotopic (exact) mass is 453 g/mol. The molecule has 178 valence electrons. The van der Waals surface area contributed by atoms with Gasteiger partial charge in [-0.1, -0.05) is 13.5 Å². The molecule has 1 rings (SSSR count). The molecule has 0 spiro atoms. The van der Waals surface area contributed by atoms with E-state index in [9.17, 15) is 19.7 Å². The molecule has 0 aliphatic rings. The van der Waals surface area contributed by atoms with Crippen LogP contribution >= 0.6 is 0 Å². The van der Waals surface area contributed by atoms with E-state index in [4.69, 9.17) is 20.9 Å². The fourth-order valence-corrected chi connectivity index (χ4v) is 2.29. The maximum absolute atomic E-state index is 11.9. The quantitative estimate of drug-likeness (QED) is 0.0548. The zero-order valence-electron chi connectivity index (χ0n) is 17.2. The summed E-state index contributed by atoms with van der Waals surface area (Å²) in [7, 11) is 1.42. The number of hydrogen-bond donors (Lipinski definition) is 3. The van der Waals surface area contributed by atoms with Crippen molar-refractivity contribution in [3.8, 4) is 11.5 Å².